The zero-order valence-corrected chi connectivity index (χ0v) is 19.5. The number of nitrogens with two attached hydrogens (primary N) is 1. The second kappa shape index (κ2) is 12.3. The molecule has 0 saturated carbocycles. The molecule has 2 aromatic rings. The Morgan fingerprint density at radius 1 is 1.10 bits per heavy atom. The lowest BCUT2D eigenvalue weighted by molar-refractivity contribution is 0.303. The summed E-state index contributed by atoms with van der Waals surface area (Å²) in [7, 11) is -1.93. The number of guanidine groups is 1. The van der Waals surface area contributed by atoms with Crippen LogP contribution in [0.3, 0.4) is 0 Å². The molecule has 0 amide bonds. The first-order valence-electron chi connectivity index (χ1n) is 10.6. The van der Waals surface area contributed by atoms with Crippen molar-refractivity contribution in [3.63, 3.8) is 0 Å². The van der Waals surface area contributed by atoms with Crippen LogP contribution < -0.4 is 20.5 Å². The second-order valence-electron chi connectivity index (χ2n) is 7.46. The summed E-state index contributed by atoms with van der Waals surface area (Å²) < 4.78 is 28.7. The molecule has 0 spiro atoms. The lowest BCUT2D eigenvalue weighted by Gasteiger charge is -2.15. The van der Waals surface area contributed by atoms with Crippen molar-refractivity contribution in [3.8, 4) is 5.75 Å². The van der Waals surface area contributed by atoms with Crippen LogP contribution in [0.5, 0.6) is 5.75 Å². The average molecular weight is 447 g/mol. The van der Waals surface area contributed by atoms with Gasteiger partial charge in [0, 0.05) is 25.7 Å². The summed E-state index contributed by atoms with van der Waals surface area (Å²) >= 11 is 0. The number of aliphatic imine (C=N–C) groups is 1. The van der Waals surface area contributed by atoms with E-state index in [4.69, 9.17) is 9.88 Å². The smallest absolute Gasteiger partial charge is 0.238 e. The van der Waals surface area contributed by atoms with Gasteiger partial charge in [0.25, 0.3) is 0 Å². The van der Waals surface area contributed by atoms with E-state index in [1.165, 1.54) is 30.5 Å². The monoisotopic (exact) mass is 446 g/mol. The van der Waals surface area contributed by atoms with Crippen LogP contribution in [0.15, 0.2) is 52.4 Å². The fourth-order valence-corrected chi connectivity index (χ4v) is 3.56. The number of sulfonamides is 1. The van der Waals surface area contributed by atoms with E-state index in [0.717, 1.165) is 36.3 Å². The van der Waals surface area contributed by atoms with E-state index in [9.17, 15) is 8.42 Å². The lowest BCUT2D eigenvalue weighted by Crippen LogP contribution is -2.37. The molecule has 4 N–H and O–H groups in total. The number of unbranched alkanes of at least 4 members (excludes halogenated alkanes) is 2. The van der Waals surface area contributed by atoms with Crippen LogP contribution in [-0.2, 0) is 23.0 Å². The summed E-state index contributed by atoms with van der Waals surface area (Å²) in [4.78, 5) is 4.39. The molecule has 0 radical (unpaired) electrons. The Labute approximate surface area is 186 Å². The third-order valence-corrected chi connectivity index (χ3v) is 5.79. The van der Waals surface area contributed by atoms with Crippen LogP contribution in [0.2, 0.25) is 0 Å². The average Bonchev–Trinajstić information content (AvgIpc) is 2.74. The first-order valence-corrected chi connectivity index (χ1v) is 12.2. The molecular formula is C23H34N4O3S. The standard InChI is InChI=1S/C23H34N4O3S/c1-4-5-6-15-30-22-16-18(2)7-10-20(22)17-27-23(25-3)26-14-13-19-8-11-21(12-9-19)31(24,28)29/h7-12,16H,4-6,13-15,17H2,1-3H3,(H2,24,28,29)(H2,25,26,27). The largest absolute Gasteiger partial charge is 0.493 e. The van der Waals surface area contributed by atoms with Gasteiger partial charge in [0.1, 0.15) is 5.75 Å². The number of primary sulfonamides is 1. The Morgan fingerprint density at radius 3 is 2.48 bits per heavy atom. The molecule has 0 fully saturated rings. The number of hydrogen-bond acceptors (Lipinski definition) is 4. The van der Waals surface area contributed by atoms with Crippen molar-refractivity contribution in [2.75, 3.05) is 20.2 Å². The molecule has 0 aliphatic heterocycles. The first kappa shape index (κ1) is 24.7. The van der Waals surface area contributed by atoms with Crippen LogP contribution in [-0.4, -0.2) is 34.6 Å². The Morgan fingerprint density at radius 2 is 1.84 bits per heavy atom. The molecule has 0 aliphatic carbocycles. The Bertz CT molecular complexity index is 957. The first-order chi connectivity index (χ1) is 14.8. The van der Waals surface area contributed by atoms with Crippen molar-refractivity contribution in [3.05, 3.63) is 59.2 Å². The highest BCUT2D eigenvalue weighted by Gasteiger charge is 2.08. The Kier molecular flexibility index (Phi) is 9.81. The summed E-state index contributed by atoms with van der Waals surface area (Å²) in [6, 6.07) is 12.8. The normalized spacial score (nSPS) is 11.9. The molecule has 2 rings (SSSR count). The predicted octanol–water partition coefficient (Wildman–Crippen LogP) is 3.12. The molecule has 0 heterocycles. The molecule has 170 valence electrons. The molecular weight excluding hydrogens is 412 g/mol. The van der Waals surface area contributed by atoms with Gasteiger partial charge in [0.2, 0.25) is 10.0 Å². The van der Waals surface area contributed by atoms with Gasteiger partial charge >= 0.3 is 0 Å². The molecule has 0 bridgehead atoms. The molecule has 0 unspecified atom stereocenters. The summed E-state index contributed by atoms with van der Waals surface area (Å²) in [6.07, 6.45) is 4.12. The minimum Gasteiger partial charge on any atom is -0.493 e. The third kappa shape index (κ3) is 8.59. The molecule has 31 heavy (non-hydrogen) atoms. The van der Waals surface area contributed by atoms with Gasteiger partial charge < -0.3 is 15.4 Å². The summed E-state index contributed by atoms with van der Waals surface area (Å²) in [5, 5.41) is 11.7. The minimum atomic E-state index is -3.66. The van der Waals surface area contributed by atoms with E-state index in [1.807, 2.05) is 0 Å². The maximum Gasteiger partial charge on any atom is 0.238 e. The van der Waals surface area contributed by atoms with Crippen LogP contribution in [0.1, 0.15) is 42.9 Å². The summed E-state index contributed by atoms with van der Waals surface area (Å²) in [5.74, 6) is 1.60. The van der Waals surface area contributed by atoms with Gasteiger partial charge in [0.15, 0.2) is 5.96 Å². The van der Waals surface area contributed by atoms with Gasteiger partial charge in [-0.3, -0.25) is 4.99 Å². The highest BCUT2D eigenvalue weighted by molar-refractivity contribution is 7.89. The van der Waals surface area contributed by atoms with Crippen molar-refractivity contribution < 1.29 is 13.2 Å². The van der Waals surface area contributed by atoms with Crippen molar-refractivity contribution in [2.45, 2.75) is 51.0 Å². The number of nitrogens with zero attached hydrogens (tertiary/aromatic N) is 1. The van der Waals surface area contributed by atoms with Gasteiger partial charge in [-0.15, -0.1) is 0 Å². The van der Waals surface area contributed by atoms with Gasteiger partial charge in [-0.2, -0.15) is 0 Å². The Balaban J connectivity index is 1.85. The number of ether oxygens (including phenoxy) is 1. The number of hydrogen-bond donors (Lipinski definition) is 3. The van der Waals surface area contributed by atoms with Crippen molar-refractivity contribution in [1.82, 2.24) is 10.6 Å². The maximum absolute atomic E-state index is 11.3. The molecule has 0 atom stereocenters. The minimum absolute atomic E-state index is 0.118. The van der Waals surface area contributed by atoms with Gasteiger partial charge in [-0.05, 0) is 49.1 Å². The van der Waals surface area contributed by atoms with E-state index in [1.54, 1.807) is 19.2 Å². The number of rotatable bonds is 11. The fraction of sp³-hybridized carbons (Fsp3) is 0.435. The SMILES string of the molecule is CCCCCOc1cc(C)ccc1CNC(=NC)NCCc1ccc(S(N)(=O)=O)cc1. The lowest BCUT2D eigenvalue weighted by atomic mass is 10.1. The summed E-state index contributed by atoms with van der Waals surface area (Å²) in [6.45, 7) is 6.22. The summed E-state index contributed by atoms with van der Waals surface area (Å²) in [5.41, 5.74) is 3.27. The quantitative estimate of drug-likeness (QED) is 0.279. The molecule has 0 aromatic heterocycles. The van der Waals surface area contributed by atoms with Gasteiger partial charge in [-0.25, -0.2) is 13.6 Å². The van der Waals surface area contributed by atoms with E-state index < -0.39 is 10.0 Å². The van der Waals surface area contributed by atoms with E-state index in [2.05, 4.69) is 47.7 Å². The van der Waals surface area contributed by atoms with Crippen molar-refractivity contribution >= 4 is 16.0 Å². The van der Waals surface area contributed by atoms with Gasteiger partial charge in [0.05, 0.1) is 11.5 Å². The highest BCUT2D eigenvalue weighted by Crippen LogP contribution is 2.20. The number of aryl methyl sites for hydroxylation is 1. The zero-order valence-electron chi connectivity index (χ0n) is 18.6. The third-order valence-electron chi connectivity index (χ3n) is 4.86. The fourth-order valence-electron chi connectivity index (χ4n) is 3.05. The van der Waals surface area contributed by atoms with E-state index in [0.29, 0.717) is 19.0 Å². The molecule has 0 saturated heterocycles. The molecule has 0 aliphatic rings. The molecule has 2 aromatic carbocycles. The second-order valence-corrected chi connectivity index (χ2v) is 9.02. The van der Waals surface area contributed by atoms with Crippen molar-refractivity contribution in [2.24, 2.45) is 10.1 Å². The number of benzene rings is 2. The zero-order chi connectivity index (χ0) is 22.7. The van der Waals surface area contributed by atoms with Gasteiger partial charge in [-0.1, -0.05) is 44.0 Å². The van der Waals surface area contributed by atoms with E-state index >= 15 is 0 Å². The topological polar surface area (TPSA) is 106 Å². The van der Waals surface area contributed by atoms with Crippen molar-refractivity contribution in [1.29, 1.82) is 0 Å². The number of nitrogens with one attached hydrogen (secondary N) is 2. The van der Waals surface area contributed by atoms with Crippen LogP contribution >= 0.6 is 0 Å². The maximum atomic E-state index is 11.3. The van der Waals surface area contributed by atoms with Crippen LogP contribution in [0.25, 0.3) is 0 Å². The molecule has 7 nitrogen and oxygen atoms in total. The highest BCUT2D eigenvalue weighted by atomic mass is 32.2. The van der Waals surface area contributed by atoms with Crippen LogP contribution in [0, 0.1) is 6.92 Å². The predicted molar refractivity (Wildman–Crippen MR) is 126 cm³/mol. The Hall–Kier alpha value is -2.58. The van der Waals surface area contributed by atoms with Crippen LogP contribution in [0.4, 0.5) is 0 Å². The molecule has 8 heteroatoms. The van der Waals surface area contributed by atoms with E-state index in [-0.39, 0.29) is 4.90 Å².